The van der Waals surface area contributed by atoms with Crippen molar-refractivity contribution in [2.24, 2.45) is 11.8 Å². The van der Waals surface area contributed by atoms with Crippen LogP contribution in [0.15, 0.2) is 30.3 Å². The van der Waals surface area contributed by atoms with Gasteiger partial charge in [-0.05, 0) is 44.2 Å². The Morgan fingerprint density at radius 3 is 2.80 bits per heavy atom. The average molecular weight is 274 g/mol. The molecule has 20 heavy (non-hydrogen) atoms. The van der Waals surface area contributed by atoms with E-state index in [0.29, 0.717) is 5.92 Å². The minimum Gasteiger partial charge on any atom is -0.353 e. The van der Waals surface area contributed by atoms with Gasteiger partial charge in [-0.25, -0.2) is 0 Å². The van der Waals surface area contributed by atoms with E-state index in [-0.39, 0.29) is 17.9 Å². The first kappa shape index (κ1) is 15.0. The lowest BCUT2D eigenvalue weighted by atomic mass is 9.91. The summed E-state index contributed by atoms with van der Waals surface area (Å²) in [5.74, 6) is 0.946. The van der Waals surface area contributed by atoms with Crippen LogP contribution in [0, 0.1) is 11.8 Å². The molecule has 0 aliphatic carbocycles. The number of benzene rings is 1. The van der Waals surface area contributed by atoms with E-state index >= 15 is 0 Å². The standard InChI is InChI=1S/C17H26N2O/c1-13-10-16(12-18-11-13)17(20)19-14(2)8-9-15-6-4-3-5-7-15/h3-7,13-14,16,18H,8-12H2,1-2H3,(H,19,20). The number of amides is 1. The van der Waals surface area contributed by atoms with E-state index in [1.807, 2.05) is 6.07 Å². The minimum atomic E-state index is 0.137. The van der Waals surface area contributed by atoms with Crippen LogP contribution in [-0.2, 0) is 11.2 Å². The Hall–Kier alpha value is -1.35. The van der Waals surface area contributed by atoms with E-state index in [9.17, 15) is 4.79 Å². The molecule has 0 saturated carbocycles. The third kappa shape index (κ3) is 4.64. The fourth-order valence-electron chi connectivity index (χ4n) is 2.82. The Kier molecular flexibility index (Phi) is 5.60. The van der Waals surface area contributed by atoms with Crippen molar-refractivity contribution < 1.29 is 4.79 Å². The zero-order chi connectivity index (χ0) is 14.4. The molecule has 1 aromatic carbocycles. The summed E-state index contributed by atoms with van der Waals surface area (Å²) in [5, 5.41) is 6.50. The zero-order valence-electron chi connectivity index (χ0n) is 12.6. The maximum absolute atomic E-state index is 12.2. The molecule has 2 N–H and O–H groups in total. The van der Waals surface area contributed by atoms with Crippen molar-refractivity contribution in [3.05, 3.63) is 35.9 Å². The van der Waals surface area contributed by atoms with Gasteiger partial charge >= 0.3 is 0 Å². The van der Waals surface area contributed by atoms with E-state index in [1.54, 1.807) is 0 Å². The van der Waals surface area contributed by atoms with Crippen molar-refractivity contribution in [2.45, 2.75) is 39.2 Å². The minimum absolute atomic E-state index is 0.137. The Morgan fingerprint density at radius 2 is 2.10 bits per heavy atom. The van der Waals surface area contributed by atoms with Crippen LogP contribution in [0.2, 0.25) is 0 Å². The van der Waals surface area contributed by atoms with Crippen LogP contribution >= 0.6 is 0 Å². The lowest BCUT2D eigenvalue weighted by Crippen LogP contribution is -2.45. The molecule has 1 aromatic rings. The lowest BCUT2D eigenvalue weighted by Gasteiger charge is -2.28. The number of nitrogens with one attached hydrogen (secondary N) is 2. The summed E-state index contributed by atoms with van der Waals surface area (Å²) in [6.45, 7) is 6.15. The van der Waals surface area contributed by atoms with Crippen LogP contribution in [0.1, 0.15) is 32.3 Å². The van der Waals surface area contributed by atoms with Crippen molar-refractivity contribution >= 4 is 5.91 Å². The lowest BCUT2D eigenvalue weighted by molar-refractivity contribution is -0.126. The molecule has 2 rings (SSSR count). The molecule has 1 fully saturated rings. The van der Waals surface area contributed by atoms with Crippen LogP contribution in [0.3, 0.4) is 0 Å². The Labute approximate surface area is 122 Å². The van der Waals surface area contributed by atoms with Gasteiger partial charge in [-0.1, -0.05) is 37.3 Å². The Bertz CT molecular complexity index is 418. The Morgan fingerprint density at radius 1 is 1.35 bits per heavy atom. The largest absolute Gasteiger partial charge is 0.353 e. The average Bonchev–Trinajstić information content (AvgIpc) is 2.46. The van der Waals surface area contributed by atoms with Crippen molar-refractivity contribution in [3.63, 3.8) is 0 Å². The third-order valence-electron chi connectivity index (χ3n) is 4.04. The van der Waals surface area contributed by atoms with E-state index < -0.39 is 0 Å². The van der Waals surface area contributed by atoms with Gasteiger partial charge in [0.1, 0.15) is 0 Å². The van der Waals surface area contributed by atoms with E-state index in [1.165, 1.54) is 5.56 Å². The second kappa shape index (κ2) is 7.44. The van der Waals surface area contributed by atoms with Gasteiger partial charge in [-0.3, -0.25) is 4.79 Å². The van der Waals surface area contributed by atoms with E-state index in [2.05, 4.69) is 48.7 Å². The molecule has 3 heteroatoms. The highest BCUT2D eigenvalue weighted by Crippen LogP contribution is 2.16. The molecule has 110 valence electrons. The molecule has 0 spiro atoms. The smallest absolute Gasteiger partial charge is 0.224 e. The van der Waals surface area contributed by atoms with Gasteiger partial charge in [0, 0.05) is 12.6 Å². The highest BCUT2D eigenvalue weighted by molar-refractivity contribution is 5.79. The van der Waals surface area contributed by atoms with Gasteiger partial charge in [0.2, 0.25) is 5.91 Å². The van der Waals surface area contributed by atoms with Gasteiger partial charge in [-0.2, -0.15) is 0 Å². The van der Waals surface area contributed by atoms with Gasteiger partial charge in [0.25, 0.3) is 0 Å². The molecular formula is C17H26N2O. The van der Waals surface area contributed by atoms with Crippen LogP contribution < -0.4 is 10.6 Å². The summed E-state index contributed by atoms with van der Waals surface area (Å²) in [6.07, 6.45) is 3.01. The second-order valence-corrected chi connectivity index (χ2v) is 6.13. The molecule has 3 unspecified atom stereocenters. The second-order valence-electron chi connectivity index (χ2n) is 6.13. The molecule has 3 nitrogen and oxygen atoms in total. The van der Waals surface area contributed by atoms with Gasteiger partial charge in [0.15, 0.2) is 0 Å². The highest BCUT2D eigenvalue weighted by atomic mass is 16.1. The van der Waals surface area contributed by atoms with E-state index in [4.69, 9.17) is 0 Å². The molecule has 1 heterocycles. The monoisotopic (exact) mass is 274 g/mol. The zero-order valence-corrected chi connectivity index (χ0v) is 12.6. The third-order valence-corrected chi connectivity index (χ3v) is 4.04. The molecule has 0 radical (unpaired) electrons. The fourth-order valence-corrected chi connectivity index (χ4v) is 2.82. The van der Waals surface area contributed by atoms with Gasteiger partial charge < -0.3 is 10.6 Å². The molecule has 1 aliphatic rings. The van der Waals surface area contributed by atoms with Crippen molar-refractivity contribution in [3.8, 4) is 0 Å². The molecule has 3 atom stereocenters. The van der Waals surface area contributed by atoms with Gasteiger partial charge in [0.05, 0.1) is 5.92 Å². The first-order valence-corrected chi connectivity index (χ1v) is 7.70. The van der Waals surface area contributed by atoms with Crippen LogP contribution in [-0.4, -0.2) is 25.0 Å². The molecule has 1 amide bonds. The topological polar surface area (TPSA) is 41.1 Å². The summed E-state index contributed by atoms with van der Waals surface area (Å²) < 4.78 is 0. The molecule has 1 aliphatic heterocycles. The SMILES string of the molecule is CC1CNCC(C(=O)NC(C)CCc2ccccc2)C1. The van der Waals surface area contributed by atoms with Crippen molar-refractivity contribution in [1.82, 2.24) is 10.6 Å². The predicted molar refractivity (Wildman–Crippen MR) is 82.5 cm³/mol. The number of aryl methyl sites for hydroxylation is 1. The number of hydrogen-bond acceptors (Lipinski definition) is 2. The van der Waals surface area contributed by atoms with Crippen molar-refractivity contribution in [1.29, 1.82) is 0 Å². The normalized spacial score (nSPS) is 24.1. The first-order valence-electron chi connectivity index (χ1n) is 7.70. The number of carbonyl (C=O) groups excluding carboxylic acids is 1. The molecule has 0 bridgehead atoms. The van der Waals surface area contributed by atoms with Crippen LogP contribution in [0.25, 0.3) is 0 Å². The molecule has 0 aromatic heterocycles. The fraction of sp³-hybridized carbons (Fsp3) is 0.588. The number of hydrogen-bond donors (Lipinski definition) is 2. The maximum atomic E-state index is 12.2. The quantitative estimate of drug-likeness (QED) is 0.865. The molecular weight excluding hydrogens is 248 g/mol. The van der Waals surface area contributed by atoms with Crippen LogP contribution in [0.5, 0.6) is 0 Å². The summed E-state index contributed by atoms with van der Waals surface area (Å²) in [4.78, 5) is 12.2. The number of carbonyl (C=O) groups is 1. The Balaban J connectivity index is 1.73. The summed E-state index contributed by atoms with van der Waals surface area (Å²) in [5.41, 5.74) is 1.33. The van der Waals surface area contributed by atoms with Crippen molar-refractivity contribution in [2.75, 3.05) is 13.1 Å². The number of rotatable bonds is 5. The summed E-state index contributed by atoms with van der Waals surface area (Å²) >= 11 is 0. The molecule has 1 saturated heterocycles. The maximum Gasteiger partial charge on any atom is 0.224 e. The first-order chi connectivity index (χ1) is 9.65. The highest BCUT2D eigenvalue weighted by Gasteiger charge is 2.25. The number of piperidine rings is 1. The van der Waals surface area contributed by atoms with Crippen LogP contribution in [0.4, 0.5) is 0 Å². The predicted octanol–water partition coefficient (Wildman–Crippen LogP) is 2.37. The summed E-state index contributed by atoms with van der Waals surface area (Å²) in [6, 6.07) is 10.7. The van der Waals surface area contributed by atoms with Gasteiger partial charge in [-0.15, -0.1) is 0 Å². The van der Waals surface area contributed by atoms with E-state index in [0.717, 1.165) is 32.4 Å². The summed E-state index contributed by atoms with van der Waals surface area (Å²) in [7, 11) is 0.